The molecule has 2 N–H and O–H groups in total. The number of amides is 3. The molecule has 1 aromatic rings. The first-order valence-corrected chi connectivity index (χ1v) is 9.14. The number of nitrogens with one attached hydrogen (secondary N) is 2. The highest BCUT2D eigenvalue weighted by Crippen LogP contribution is 2.13. The minimum absolute atomic E-state index is 0.00683. The number of nitrogens with zero attached hydrogens (tertiary/aromatic N) is 2. The summed E-state index contributed by atoms with van der Waals surface area (Å²) in [6.45, 7) is 5.30. The Balaban J connectivity index is 1.82. The Morgan fingerprint density at radius 3 is 2.70 bits per heavy atom. The SMILES string of the molecule is CC[C@H](C)NC(=O)C(=O)N/N=C\c1cccc(OCC(=O)N2CCCC2)c1. The number of hydrogen-bond donors (Lipinski definition) is 2. The number of hydrazone groups is 1. The lowest BCUT2D eigenvalue weighted by atomic mass is 10.2. The molecule has 8 nitrogen and oxygen atoms in total. The van der Waals surface area contributed by atoms with E-state index in [1.807, 2.05) is 13.8 Å². The highest BCUT2D eigenvalue weighted by atomic mass is 16.5. The van der Waals surface area contributed by atoms with E-state index in [0.717, 1.165) is 32.4 Å². The van der Waals surface area contributed by atoms with E-state index >= 15 is 0 Å². The summed E-state index contributed by atoms with van der Waals surface area (Å²) in [6.07, 6.45) is 4.22. The van der Waals surface area contributed by atoms with Crippen LogP contribution < -0.4 is 15.5 Å². The number of hydrogen-bond acceptors (Lipinski definition) is 5. The molecule has 8 heteroatoms. The third kappa shape index (κ3) is 6.73. The van der Waals surface area contributed by atoms with Crippen LogP contribution in [-0.2, 0) is 14.4 Å². The lowest BCUT2D eigenvalue weighted by molar-refractivity contribution is -0.139. The van der Waals surface area contributed by atoms with Crippen LogP contribution in [0.5, 0.6) is 5.75 Å². The van der Waals surface area contributed by atoms with Gasteiger partial charge in [0.15, 0.2) is 6.61 Å². The Hall–Kier alpha value is -2.90. The van der Waals surface area contributed by atoms with E-state index in [4.69, 9.17) is 4.74 Å². The molecule has 1 atom stereocenters. The molecule has 146 valence electrons. The summed E-state index contributed by atoms with van der Waals surface area (Å²) in [4.78, 5) is 37.1. The van der Waals surface area contributed by atoms with Gasteiger partial charge in [-0.05, 0) is 43.9 Å². The molecule has 0 radical (unpaired) electrons. The third-order valence-corrected chi connectivity index (χ3v) is 4.25. The summed E-state index contributed by atoms with van der Waals surface area (Å²) < 4.78 is 5.54. The largest absolute Gasteiger partial charge is 0.484 e. The normalized spacial score (nSPS) is 14.8. The van der Waals surface area contributed by atoms with Crippen molar-refractivity contribution in [3.63, 3.8) is 0 Å². The first-order valence-electron chi connectivity index (χ1n) is 9.14. The quantitative estimate of drug-likeness (QED) is 0.423. The molecule has 1 fully saturated rings. The maximum absolute atomic E-state index is 12.0. The molecule has 1 saturated heterocycles. The van der Waals surface area contributed by atoms with E-state index in [0.29, 0.717) is 11.3 Å². The number of rotatable bonds is 7. The second-order valence-electron chi connectivity index (χ2n) is 6.43. The van der Waals surface area contributed by atoms with Gasteiger partial charge in [-0.2, -0.15) is 5.10 Å². The zero-order valence-corrected chi connectivity index (χ0v) is 15.7. The van der Waals surface area contributed by atoms with Crippen LogP contribution in [0.1, 0.15) is 38.7 Å². The zero-order valence-electron chi connectivity index (χ0n) is 15.7. The van der Waals surface area contributed by atoms with Gasteiger partial charge in [-0.1, -0.05) is 19.1 Å². The Morgan fingerprint density at radius 1 is 1.26 bits per heavy atom. The topological polar surface area (TPSA) is 100 Å². The molecule has 0 aromatic heterocycles. The Kier molecular flexibility index (Phi) is 7.79. The van der Waals surface area contributed by atoms with Crippen LogP contribution in [0.25, 0.3) is 0 Å². The molecular weight excluding hydrogens is 348 g/mol. The van der Waals surface area contributed by atoms with Gasteiger partial charge in [-0.15, -0.1) is 0 Å². The fraction of sp³-hybridized carbons (Fsp3) is 0.474. The Bertz CT molecular complexity index is 699. The number of benzene rings is 1. The molecule has 1 heterocycles. The van der Waals surface area contributed by atoms with Crippen LogP contribution in [-0.4, -0.2) is 54.6 Å². The van der Waals surface area contributed by atoms with Gasteiger partial charge in [0.25, 0.3) is 5.91 Å². The van der Waals surface area contributed by atoms with E-state index in [1.165, 1.54) is 6.21 Å². The molecule has 0 unspecified atom stereocenters. The average molecular weight is 374 g/mol. The smallest absolute Gasteiger partial charge is 0.329 e. The molecule has 3 amide bonds. The highest BCUT2D eigenvalue weighted by Gasteiger charge is 2.18. The van der Waals surface area contributed by atoms with Crippen LogP contribution in [0, 0.1) is 0 Å². The molecular formula is C19H26N4O4. The minimum Gasteiger partial charge on any atom is -0.484 e. The summed E-state index contributed by atoms with van der Waals surface area (Å²) in [5.74, 6) is -1.03. The molecule has 27 heavy (non-hydrogen) atoms. The van der Waals surface area contributed by atoms with Crippen LogP contribution in [0.4, 0.5) is 0 Å². The van der Waals surface area contributed by atoms with Crippen molar-refractivity contribution in [2.45, 2.75) is 39.2 Å². The van der Waals surface area contributed by atoms with Gasteiger partial charge in [0.2, 0.25) is 0 Å². The van der Waals surface area contributed by atoms with Gasteiger partial charge in [-0.25, -0.2) is 5.43 Å². The summed E-state index contributed by atoms with van der Waals surface area (Å²) in [5, 5.41) is 6.34. The second-order valence-corrected chi connectivity index (χ2v) is 6.43. The number of ether oxygens (including phenoxy) is 1. The Morgan fingerprint density at radius 2 is 2.00 bits per heavy atom. The van der Waals surface area contributed by atoms with E-state index in [2.05, 4.69) is 15.8 Å². The average Bonchev–Trinajstić information content (AvgIpc) is 3.21. The maximum atomic E-state index is 12.0. The van der Waals surface area contributed by atoms with Gasteiger partial charge in [-0.3, -0.25) is 14.4 Å². The molecule has 1 aromatic carbocycles. The number of carbonyl (C=O) groups is 3. The zero-order chi connectivity index (χ0) is 19.6. The fourth-order valence-corrected chi connectivity index (χ4v) is 2.50. The van der Waals surface area contributed by atoms with Crippen LogP contribution in [0.2, 0.25) is 0 Å². The van der Waals surface area contributed by atoms with Crippen molar-refractivity contribution in [3.8, 4) is 5.75 Å². The first-order chi connectivity index (χ1) is 13.0. The summed E-state index contributed by atoms with van der Waals surface area (Å²) >= 11 is 0. The highest BCUT2D eigenvalue weighted by molar-refractivity contribution is 6.35. The number of carbonyl (C=O) groups excluding carboxylic acids is 3. The van der Waals surface area contributed by atoms with Crippen LogP contribution >= 0.6 is 0 Å². The van der Waals surface area contributed by atoms with Crippen molar-refractivity contribution in [1.29, 1.82) is 0 Å². The lowest BCUT2D eigenvalue weighted by Crippen LogP contribution is -2.41. The van der Waals surface area contributed by atoms with Crippen molar-refractivity contribution >= 4 is 23.9 Å². The molecule has 0 spiro atoms. The molecule has 0 aliphatic carbocycles. The van der Waals surface area contributed by atoms with Crippen molar-refractivity contribution in [1.82, 2.24) is 15.6 Å². The minimum atomic E-state index is -0.824. The fourth-order valence-electron chi connectivity index (χ4n) is 2.50. The van der Waals surface area contributed by atoms with Gasteiger partial charge >= 0.3 is 11.8 Å². The maximum Gasteiger partial charge on any atom is 0.329 e. The van der Waals surface area contributed by atoms with Crippen LogP contribution in [0.3, 0.4) is 0 Å². The molecule has 1 aliphatic heterocycles. The standard InChI is InChI=1S/C19H26N4O4/c1-3-14(2)21-18(25)19(26)22-20-12-15-7-6-8-16(11-15)27-13-17(24)23-9-4-5-10-23/h6-8,11-12,14H,3-5,9-10,13H2,1-2H3,(H,21,25)(H,22,26)/b20-12-/t14-/m0/s1. The second kappa shape index (κ2) is 10.3. The van der Waals surface area contributed by atoms with E-state index in [1.54, 1.807) is 29.2 Å². The van der Waals surface area contributed by atoms with Gasteiger partial charge in [0, 0.05) is 19.1 Å². The first kappa shape index (κ1) is 20.4. The third-order valence-electron chi connectivity index (χ3n) is 4.25. The summed E-state index contributed by atoms with van der Waals surface area (Å²) in [6, 6.07) is 6.89. The van der Waals surface area contributed by atoms with E-state index < -0.39 is 11.8 Å². The Labute approximate surface area is 158 Å². The summed E-state index contributed by atoms with van der Waals surface area (Å²) in [5.41, 5.74) is 2.85. The monoisotopic (exact) mass is 374 g/mol. The van der Waals surface area contributed by atoms with Crippen LogP contribution in [0.15, 0.2) is 29.4 Å². The lowest BCUT2D eigenvalue weighted by Gasteiger charge is -2.15. The van der Waals surface area contributed by atoms with Gasteiger partial charge in [0.05, 0.1) is 6.21 Å². The van der Waals surface area contributed by atoms with Gasteiger partial charge in [0.1, 0.15) is 5.75 Å². The van der Waals surface area contributed by atoms with Crippen molar-refractivity contribution in [3.05, 3.63) is 29.8 Å². The van der Waals surface area contributed by atoms with Gasteiger partial charge < -0.3 is 15.0 Å². The predicted molar refractivity (Wildman–Crippen MR) is 101 cm³/mol. The molecule has 0 saturated carbocycles. The van der Waals surface area contributed by atoms with E-state index in [-0.39, 0.29) is 18.6 Å². The predicted octanol–water partition coefficient (Wildman–Crippen LogP) is 1.05. The summed E-state index contributed by atoms with van der Waals surface area (Å²) in [7, 11) is 0. The molecule has 1 aliphatic rings. The molecule has 2 rings (SSSR count). The van der Waals surface area contributed by atoms with Crippen molar-refractivity contribution < 1.29 is 19.1 Å². The van der Waals surface area contributed by atoms with E-state index in [9.17, 15) is 14.4 Å². The molecule has 0 bridgehead atoms. The van der Waals surface area contributed by atoms with Crippen molar-refractivity contribution in [2.24, 2.45) is 5.10 Å². The number of likely N-dealkylation sites (tertiary alicyclic amines) is 1. The van der Waals surface area contributed by atoms with Crippen molar-refractivity contribution in [2.75, 3.05) is 19.7 Å².